The molecule has 1 amide bonds. The van der Waals surface area contributed by atoms with Crippen LogP contribution in [-0.4, -0.2) is 30.2 Å². The number of benzene rings is 1. The van der Waals surface area contributed by atoms with Crippen LogP contribution in [0.3, 0.4) is 0 Å². The third-order valence-corrected chi connectivity index (χ3v) is 3.71. The highest BCUT2D eigenvalue weighted by atomic mass is 32.1. The standard InChI is InChI=1S/C13H17N5OS/c1-8(14)12-16-17-13(20-12)15-11(19)9-5-4-6-10(7-9)18(2)3/h4-8H,14H2,1-3H3,(H,15,17,19). The molecule has 1 aromatic heterocycles. The van der Waals surface area contributed by atoms with Gasteiger partial charge in [-0.25, -0.2) is 0 Å². The molecule has 0 saturated heterocycles. The summed E-state index contributed by atoms with van der Waals surface area (Å²) in [7, 11) is 3.85. The van der Waals surface area contributed by atoms with Crippen LogP contribution in [0.4, 0.5) is 10.8 Å². The number of nitrogens with one attached hydrogen (secondary N) is 1. The molecule has 0 aliphatic carbocycles. The number of amides is 1. The van der Waals surface area contributed by atoms with Gasteiger partial charge in [0.25, 0.3) is 5.91 Å². The van der Waals surface area contributed by atoms with Crippen molar-refractivity contribution in [3.05, 3.63) is 34.8 Å². The zero-order valence-electron chi connectivity index (χ0n) is 11.6. The SMILES string of the molecule is CC(N)c1nnc(NC(=O)c2cccc(N(C)C)c2)s1. The number of aromatic nitrogens is 2. The summed E-state index contributed by atoms with van der Waals surface area (Å²) in [6.45, 7) is 1.83. The molecular weight excluding hydrogens is 274 g/mol. The van der Waals surface area contributed by atoms with Crippen molar-refractivity contribution in [2.75, 3.05) is 24.3 Å². The van der Waals surface area contributed by atoms with Crippen LogP contribution in [0.1, 0.15) is 28.3 Å². The van der Waals surface area contributed by atoms with E-state index in [0.29, 0.717) is 15.7 Å². The second-order valence-corrected chi connectivity index (χ2v) is 5.64. The Morgan fingerprint density at radius 3 is 2.75 bits per heavy atom. The third kappa shape index (κ3) is 3.31. The number of hydrogen-bond acceptors (Lipinski definition) is 6. The van der Waals surface area contributed by atoms with Crippen molar-refractivity contribution in [2.45, 2.75) is 13.0 Å². The van der Waals surface area contributed by atoms with Gasteiger partial charge >= 0.3 is 0 Å². The molecule has 1 aromatic carbocycles. The summed E-state index contributed by atoms with van der Waals surface area (Å²) in [4.78, 5) is 14.1. The van der Waals surface area contributed by atoms with Crippen molar-refractivity contribution in [3.8, 4) is 0 Å². The second kappa shape index (κ2) is 5.98. The lowest BCUT2D eigenvalue weighted by Gasteiger charge is -2.13. The maximum absolute atomic E-state index is 12.1. The first kappa shape index (κ1) is 14.4. The van der Waals surface area contributed by atoms with Gasteiger partial charge in [-0.2, -0.15) is 0 Å². The molecule has 7 heteroatoms. The van der Waals surface area contributed by atoms with Crippen LogP contribution in [0.5, 0.6) is 0 Å². The average molecular weight is 291 g/mol. The van der Waals surface area contributed by atoms with Crippen molar-refractivity contribution < 1.29 is 4.79 Å². The topological polar surface area (TPSA) is 84.1 Å². The van der Waals surface area contributed by atoms with Crippen LogP contribution < -0.4 is 16.0 Å². The van der Waals surface area contributed by atoms with E-state index in [9.17, 15) is 4.79 Å². The maximum Gasteiger partial charge on any atom is 0.257 e. The number of nitrogens with two attached hydrogens (primary N) is 1. The molecule has 3 N–H and O–H groups in total. The molecule has 0 spiro atoms. The predicted molar refractivity (Wildman–Crippen MR) is 81.2 cm³/mol. The summed E-state index contributed by atoms with van der Waals surface area (Å²) in [6.07, 6.45) is 0. The molecule has 0 saturated carbocycles. The van der Waals surface area contributed by atoms with Gasteiger partial charge in [-0.05, 0) is 25.1 Å². The Kier molecular flexibility index (Phi) is 4.31. The Morgan fingerprint density at radius 1 is 1.40 bits per heavy atom. The lowest BCUT2D eigenvalue weighted by Crippen LogP contribution is -2.14. The Labute approximate surface area is 121 Å². The third-order valence-electron chi connectivity index (χ3n) is 2.68. The van der Waals surface area contributed by atoms with E-state index in [0.717, 1.165) is 5.69 Å². The van der Waals surface area contributed by atoms with Crippen LogP contribution >= 0.6 is 11.3 Å². The number of carbonyl (C=O) groups is 1. The molecule has 1 atom stereocenters. The highest BCUT2D eigenvalue weighted by Gasteiger charge is 2.12. The summed E-state index contributed by atoms with van der Waals surface area (Å²) in [5, 5.41) is 11.7. The molecule has 0 fully saturated rings. The summed E-state index contributed by atoms with van der Waals surface area (Å²) < 4.78 is 0. The molecule has 2 aromatic rings. The zero-order chi connectivity index (χ0) is 14.7. The Bertz CT molecular complexity index is 608. The van der Waals surface area contributed by atoms with E-state index < -0.39 is 0 Å². The van der Waals surface area contributed by atoms with Gasteiger partial charge in [0.15, 0.2) is 0 Å². The molecule has 2 rings (SSSR count). The fourth-order valence-electron chi connectivity index (χ4n) is 1.56. The number of hydrogen-bond donors (Lipinski definition) is 2. The Balaban J connectivity index is 2.13. The van der Waals surface area contributed by atoms with Crippen LogP contribution in [0.2, 0.25) is 0 Å². The first-order chi connectivity index (χ1) is 9.47. The van der Waals surface area contributed by atoms with Crippen molar-refractivity contribution in [3.63, 3.8) is 0 Å². The van der Waals surface area contributed by atoms with Crippen molar-refractivity contribution >= 4 is 28.1 Å². The summed E-state index contributed by atoms with van der Waals surface area (Å²) in [6, 6.07) is 7.18. The highest BCUT2D eigenvalue weighted by molar-refractivity contribution is 7.15. The summed E-state index contributed by atoms with van der Waals surface area (Å²) in [5.74, 6) is -0.207. The molecule has 0 radical (unpaired) electrons. The van der Waals surface area contributed by atoms with Gasteiger partial charge < -0.3 is 10.6 Å². The fourth-order valence-corrected chi connectivity index (χ4v) is 2.25. The summed E-state index contributed by atoms with van der Waals surface area (Å²) >= 11 is 1.28. The lowest BCUT2D eigenvalue weighted by atomic mass is 10.2. The largest absolute Gasteiger partial charge is 0.378 e. The minimum absolute atomic E-state index is 0.185. The highest BCUT2D eigenvalue weighted by Crippen LogP contribution is 2.21. The van der Waals surface area contributed by atoms with Gasteiger partial charge in [0.2, 0.25) is 5.13 Å². The van der Waals surface area contributed by atoms with Crippen molar-refractivity contribution in [1.29, 1.82) is 0 Å². The van der Waals surface area contributed by atoms with Crippen LogP contribution in [-0.2, 0) is 0 Å². The van der Waals surface area contributed by atoms with Crippen LogP contribution in [0, 0.1) is 0 Å². The number of rotatable bonds is 4. The minimum Gasteiger partial charge on any atom is -0.378 e. The molecule has 1 unspecified atom stereocenters. The molecule has 20 heavy (non-hydrogen) atoms. The normalized spacial score (nSPS) is 12.0. The van der Waals surface area contributed by atoms with E-state index in [1.54, 1.807) is 6.07 Å². The first-order valence-electron chi connectivity index (χ1n) is 6.15. The Hall–Kier alpha value is -1.99. The molecule has 6 nitrogen and oxygen atoms in total. The molecule has 0 aliphatic rings. The quantitative estimate of drug-likeness (QED) is 0.898. The van der Waals surface area contributed by atoms with E-state index >= 15 is 0 Å². The maximum atomic E-state index is 12.1. The Morgan fingerprint density at radius 2 is 2.15 bits per heavy atom. The van der Waals surface area contributed by atoms with Gasteiger partial charge in [0.05, 0.1) is 6.04 Å². The van der Waals surface area contributed by atoms with E-state index in [1.165, 1.54) is 11.3 Å². The number of carbonyl (C=O) groups excluding carboxylic acids is 1. The second-order valence-electron chi connectivity index (χ2n) is 4.63. The smallest absolute Gasteiger partial charge is 0.257 e. The van der Waals surface area contributed by atoms with E-state index in [2.05, 4.69) is 15.5 Å². The molecule has 0 aliphatic heterocycles. The number of nitrogens with zero attached hydrogens (tertiary/aromatic N) is 3. The monoisotopic (exact) mass is 291 g/mol. The molecular formula is C13H17N5OS. The van der Waals surface area contributed by atoms with E-state index in [1.807, 2.05) is 44.1 Å². The average Bonchev–Trinajstić information content (AvgIpc) is 2.87. The molecule has 106 valence electrons. The fraction of sp³-hybridized carbons (Fsp3) is 0.308. The minimum atomic E-state index is -0.207. The van der Waals surface area contributed by atoms with Crippen LogP contribution in [0.25, 0.3) is 0 Å². The summed E-state index contributed by atoms with van der Waals surface area (Å²) in [5.41, 5.74) is 7.25. The van der Waals surface area contributed by atoms with E-state index in [-0.39, 0.29) is 11.9 Å². The van der Waals surface area contributed by atoms with Crippen LogP contribution in [0.15, 0.2) is 24.3 Å². The molecule has 0 bridgehead atoms. The van der Waals surface area contributed by atoms with Gasteiger partial charge in [-0.15, -0.1) is 10.2 Å². The van der Waals surface area contributed by atoms with E-state index in [4.69, 9.17) is 5.73 Å². The van der Waals surface area contributed by atoms with Crippen molar-refractivity contribution in [1.82, 2.24) is 10.2 Å². The first-order valence-corrected chi connectivity index (χ1v) is 6.96. The van der Waals surface area contributed by atoms with Crippen molar-refractivity contribution in [2.24, 2.45) is 5.73 Å². The molecule has 1 heterocycles. The van der Waals surface area contributed by atoms with Gasteiger partial charge in [0, 0.05) is 25.3 Å². The predicted octanol–water partition coefficient (Wildman–Crippen LogP) is 1.88. The van der Waals surface area contributed by atoms with Gasteiger partial charge in [-0.1, -0.05) is 17.4 Å². The van der Waals surface area contributed by atoms with Gasteiger partial charge in [0.1, 0.15) is 5.01 Å². The lowest BCUT2D eigenvalue weighted by molar-refractivity contribution is 0.102. The van der Waals surface area contributed by atoms with Gasteiger partial charge in [-0.3, -0.25) is 10.1 Å². The number of anilines is 2. The zero-order valence-corrected chi connectivity index (χ0v) is 12.4.